The van der Waals surface area contributed by atoms with Crippen LogP contribution in [0, 0.1) is 18.7 Å². The number of carbonyl (C=O) groups excluding carboxylic acids is 2. The molecule has 6 heteroatoms. The van der Waals surface area contributed by atoms with E-state index in [0.29, 0.717) is 43.8 Å². The predicted molar refractivity (Wildman–Crippen MR) is 109 cm³/mol. The average Bonchev–Trinajstić information content (AvgIpc) is 2.75. The quantitative estimate of drug-likeness (QED) is 0.761. The number of benzene rings is 2. The molecule has 0 aromatic heterocycles. The number of nitrogens with one attached hydrogen (secondary N) is 1. The van der Waals surface area contributed by atoms with Gasteiger partial charge in [0.15, 0.2) is 0 Å². The summed E-state index contributed by atoms with van der Waals surface area (Å²) in [6.07, 6.45) is 0.614. The molecule has 154 valence electrons. The fourth-order valence-electron chi connectivity index (χ4n) is 3.80. The Hall–Kier alpha value is -2.73. The molecule has 1 fully saturated rings. The van der Waals surface area contributed by atoms with Crippen LogP contribution >= 0.6 is 0 Å². The van der Waals surface area contributed by atoms with Gasteiger partial charge in [0.05, 0.1) is 12.5 Å². The summed E-state index contributed by atoms with van der Waals surface area (Å²) in [6, 6.07) is 14.1. The molecule has 0 unspecified atom stereocenters. The van der Waals surface area contributed by atoms with Gasteiger partial charge in [-0.3, -0.25) is 9.59 Å². The molecule has 2 atom stereocenters. The number of hydrogen-bond acceptors (Lipinski definition) is 3. The Kier molecular flexibility index (Phi) is 6.99. The van der Waals surface area contributed by atoms with Gasteiger partial charge in [-0.2, -0.15) is 0 Å². The summed E-state index contributed by atoms with van der Waals surface area (Å²) in [5, 5.41) is 2.88. The van der Waals surface area contributed by atoms with E-state index in [9.17, 15) is 14.0 Å². The Morgan fingerprint density at radius 2 is 1.93 bits per heavy atom. The lowest BCUT2D eigenvalue weighted by molar-refractivity contribution is -0.126. The minimum absolute atomic E-state index is 0.0334. The Labute approximate surface area is 170 Å². The van der Waals surface area contributed by atoms with E-state index in [1.807, 2.05) is 24.3 Å². The molecule has 2 aromatic rings. The molecule has 2 aromatic carbocycles. The molecule has 1 saturated heterocycles. The molecule has 29 heavy (non-hydrogen) atoms. The topological polar surface area (TPSA) is 58.6 Å². The van der Waals surface area contributed by atoms with Gasteiger partial charge >= 0.3 is 0 Å². The minimum Gasteiger partial charge on any atom is -0.383 e. The average molecular weight is 398 g/mol. The molecule has 5 nitrogen and oxygen atoms in total. The normalized spacial score (nSPS) is 19.1. The number of piperidine rings is 1. The lowest BCUT2D eigenvalue weighted by Gasteiger charge is -2.37. The van der Waals surface area contributed by atoms with Crippen molar-refractivity contribution in [3.8, 4) is 0 Å². The van der Waals surface area contributed by atoms with Crippen LogP contribution in [0.25, 0.3) is 0 Å². The number of amides is 2. The van der Waals surface area contributed by atoms with Crippen molar-refractivity contribution in [3.05, 3.63) is 71.0 Å². The van der Waals surface area contributed by atoms with E-state index in [4.69, 9.17) is 4.74 Å². The highest BCUT2D eigenvalue weighted by molar-refractivity contribution is 5.94. The molecule has 1 aliphatic rings. The van der Waals surface area contributed by atoms with Gasteiger partial charge < -0.3 is 15.0 Å². The summed E-state index contributed by atoms with van der Waals surface area (Å²) in [5.41, 5.74) is 2.11. The minimum atomic E-state index is -0.330. The fourth-order valence-corrected chi connectivity index (χ4v) is 3.80. The number of aryl methyl sites for hydroxylation is 1. The third kappa shape index (κ3) is 5.21. The molecule has 3 rings (SSSR count). The Bertz CT molecular complexity index is 856. The fraction of sp³-hybridized carbons (Fsp3) is 0.391. The highest BCUT2D eigenvalue weighted by Gasteiger charge is 2.34. The van der Waals surface area contributed by atoms with Crippen molar-refractivity contribution < 1.29 is 18.7 Å². The van der Waals surface area contributed by atoms with Gasteiger partial charge in [-0.25, -0.2) is 4.39 Å². The van der Waals surface area contributed by atoms with Crippen LogP contribution in [0.3, 0.4) is 0 Å². The monoisotopic (exact) mass is 398 g/mol. The number of halogens is 1. The lowest BCUT2D eigenvalue weighted by atomic mass is 9.83. The molecular formula is C23H27FN2O3. The van der Waals surface area contributed by atoms with Crippen molar-refractivity contribution in [3.63, 3.8) is 0 Å². The van der Waals surface area contributed by atoms with E-state index in [-0.39, 0.29) is 29.5 Å². The zero-order chi connectivity index (χ0) is 20.8. The first-order valence-electron chi connectivity index (χ1n) is 9.86. The number of nitrogens with zero attached hydrogens (tertiary/aromatic N) is 1. The van der Waals surface area contributed by atoms with Crippen LogP contribution in [0.2, 0.25) is 0 Å². The third-order valence-corrected chi connectivity index (χ3v) is 5.39. The first-order valence-corrected chi connectivity index (χ1v) is 9.86. The van der Waals surface area contributed by atoms with E-state index >= 15 is 0 Å². The molecule has 1 N–H and O–H groups in total. The van der Waals surface area contributed by atoms with Crippen LogP contribution in [-0.4, -0.2) is 50.1 Å². The van der Waals surface area contributed by atoms with Gasteiger partial charge in [0.25, 0.3) is 5.91 Å². The molecule has 1 aliphatic heterocycles. The van der Waals surface area contributed by atoms with Crippen LogP contribution in [-0.2, 0) is 9.53 Å². The van der Waals surface area contributed by atoms with Crippen LogP contribution in [0.1, 0.15) is 33.8 Å². The second-order valence-electron chi connectivity index (χ2n) is 7.50. The first-order chi connectivity index (χ1) is 14.0. The zero-order valence-corrected chi connectivity index (χ0v) is 16.9. The van der Waals surface area contributed by atoms with Crippen molar-refractivity contribution in [1.82, 2.24) is 10.2 Å². The van der Waals surface area contributed by atoms with E-state index in [1.54, 1.807) is 37.1 Å². The largest absolute Gasteiger partial charge is 0.383 e. The van der Waals surface area contributed by atoms with E-state index in [2.05, 4.69) is 5.32 Å². The van der Waals surface area contributed by atoms with Gasteiger partial charge in [0, 0.05) is 38.2 Å². The Morgan fingerprint density at radius 1 is 1.17 bits per heavy atom. The molecule has 1 heterocycles. The summed E-state index contributed by atoms with van der Waals surface area (Å²) in [4.78, 5) is 27.5. The number of hydrogen-bond donors (Lipinski definition) is 1. The van der Waals surface area contributed by atoms with Crippen LogP contribution < -0.4 is 5.32 Å². The summed E-state index contributed by atoms with van der Waals surface area (Å²) in [5.74, 6) is -0.798. The molecule has 0 aliphatic carbocycles. The van der Waals surface area contributed by atoms with Gasteiger partial charge in [-0.15, -0.1) is 0 Å². The second-order valence-corrected chi connectivity index (χ2v) is 7.50. The highest BCUT2D eigenvalue weighted by atomic mass is 19.1. The molecular weight excluding hydrogens is 371 g/mol. The number of carbonyl (C=O) groups is 2. The zero-order valence-electron chi connectivity index (χ0n) is 16.9. The summed E-state index contributed by atoms with van der Waals surface area (Å²) in [6.45, 7) is 3.46. The number of ether oxygens (including phenoxy) is 1. The maximum Gasteiger partial charge on any atom is 0.253 e. The third-order valence-electron chi connectivity index (χ3n) is 5.39. The van der Waals surface area contributed by atoms with Crippen LogP contribution in [0.5, 0.6) is 0 Å². The van der Waals surface area contributed by atoms with E-state index in [0.717, 1.165) is 5.56 Å². The summed E-state index contributed by atoms with van der Waals surface area (Å²) >= 11 is 0. The molecule has 2 amide bonds. The Balaban J connectivity index is 1.83. The van der Waals surface area contributed by atoms with Crippen LogP contribution in [0.15, 0.2) is 48.5 Å². The molecule has 0 bridgehead atoms. The maximum absolute atomic E-state index is 13.7. The number of likely N-dealkylation sites (tertiary alicyclic amines) is 1. The predicted octanol–water partition coefficient (Wildman–Crippen LogP) is 3.14. The summed E-state index contributed by atoms with van der Waals surface area (Å²) in [7, 11) is 1.58. The lowest BCUT2D eigenvalue weighted by Crippen LogP contribution is -2.48. The van der Waals surface area contributed by atoms with Crippen molar-refractivity contribution >= 4 is 11.8 Å². The highest BCUT2D eigenvalue weighted by Crippen LogP contribution is 2.32. The van der Waals surface area contributed by atoms with Gasteiger partial charge in [-0.05, 0) is 42.7 Å². The van der Waals surface area contributed by atoms with Gasteiger partial charge in [0.1, 0.15) is 5.82 Å². The number of rotatable bonds is 6. The van der Waals surface area contributed by atoms with Crippen molar-refractivity contribution in [2.24, 2.45) is 5.92 Å². The van der Waals surface area contributed by atoms with Crippen molar-refractivity contribution in [1.29, 1.82) is 0 Å². The summed E-state index contributed by atoms with van der Waals surface area (Å²) < 4.78 is 18.7. The van der Waals surface area contributed by atoms with E-state index < -0.39 is 0 Å². The van der Waals surface area contributed by atoms with Crippen LogP contribution in [0.4, 0.5) is 4.39 Å². The standard InChI is InChI=1S/C23H27FN2O3/c1-16-12-18(8-9-21(16)24)19-13-20(22(27)25-10-11-29-2)15-26(14-19)23(28)17-6-4-3-5-7-17/h3-9,12,19-20H,10-11,13-15H2,1-2H3,(H,25,27)/t19-,20+/m0/s1. The van der Waals surface area contributed by atoms with Gasteiger partial charge in [-0.1, -0.05) is 30.3 Å². The van der Waals surface area contributed by atoms with Gasteiger partial charge in [0.2, 0.25) is 5.91 Å². The maximum atomic E-state index is 13.7. The smallest absolute Gasteiger partial charge is 0.253 e. The Morgan fingerprint density at radius 3 is 2.62 bits per heavy atom. The molecule has 0 radical (unpaired) electrons. The van der Waals surface area contributed by atoms with Crippen molar-refractivity contribution in [2.45, 2.75) is 19.3 Å². The van der Waals surface area contributed by atoms with E-state index in [1.165, 1.54) is 6.07 Å². The molecule has 0 spiro atoms. The SMILES string of the molecule is COCCNC(=O)[C@@H]1C[C@H](c2ccc(F)c(C)c2)CN(C(=O)c2ccccc2)C1. The first kappa shape index (κ1) is 21.0. The molecule has 0 saturated carbocycles. The second kappa shape index (κ2) is 9.65. The van der Waals surface area contributed by atoms with Crippen molar-refractivity contribution in [2.75, 3.05) is 33.4 Å². The number of methoxy groups -OCH3 is 1.